The van der Waals surface area contributed by atoms with Crippen LogP contribution < -0.4 is 5.32 Å². The maximum Gasteiger partial charge on any atom is 0.220 e. The summed E-state index contributed by atoms with van der Waals surface area (Å²) < 4.78 is 1.69. The molecule has 0 saturated carbocycles. The quantitative estimate of drug-likeness (QED) is 0.710. The fourth-order valence-electron chi connectivity index (χ4n) is 2.59. The van der Waals surface area contributed by atoms with Gasteiger partial charge in [-0.15, -0.1) is 0 Å². The summed E-state index contributed by atoms with van der Waals surface area (Å²) in [7, 11) is 1.83. The number of nitrogens with one attached hydrogen (secondary N) is 1. The number of aromatic nitrogens is 2. The largest absolute Gasteiger partial charge is 0.352 e. The molecule has 2 aromatic carbocycles. The first-order chi connectivity index (χ1) is 11.6. The lowest BCUT2D eigenvalue weighted by Gasteiger charge is -2.05. The predicted octanol–water partition coefficient (Wildman–Crippen LogP) is 2.85. The van der Waals surface area contributed by atoms with E-state index in [2.05, 4.69) is 10.4 Å². The zero-order chi connectivity index (χ0) is 16.9. The van der Waals surface area contributed by atoms with Crippen LogP contribution in [0.25, 0.3) is 10.8 Å². The van der Waals surface area contributed by atoms with Crippen LogP contribution in [0.1, 0.15) is 28.8 Å². The van der Waals surface area contributed by atoms with Gasteiger partial charge >= 0.3 is 0 Å². The maximum atomic E-state index is 12.3. The highest BCUT2D eigenvalue weighted by atomic mass is 16.2. The Morgan fingerprint density at radius 2 is 1.88 bits per heavy atom. The molecule has 3 aromatic rings. The van der Waals surface area contributed by atoms with E-state index in [9.17, 15) is 9.59 Å². The molecule has 5 nitrogen and oxygen atoms in total. The normalized spacial score (nSPS) is 10.7. The van der Waals surface area contributed by atoms with Crippen molar-refractivity contribution in [3.05, 3.63) is 66.0 Å². The Bertz CT molecular complexity index is 883. The van der Waals surface area contributed by atoms with Crippen molar-refractivity contribution in [3.8, 4) is 0 Å². The highest BCUT2D eigenvalue weighted by Crippen LogP contribution is 2.17. The minimum absolute atomic E-state index is 0.0164. The summed E-state index contributed by atoms with van der Waals surface area (Å²) in [5, 5.41) is 8.98. The van der Waals surface area contributed by atoms with Crippen molar-refractivity contribution < 1.29 is 9.59 Å². The number of ketones is 1. The number of carbonyl (C=O) groups is 2. The van der Waals surface area contributed by atoms with Gasteiger partial charge in [-0.05, 0) is 16.8 Å². The van der Waals surface area contributed by atoms with Gasteiger partial charge in [0.1, 0.15) is 0 Å². The number of amides is 1. The number of rotatable bonds is 6. The molecule has 0 aliphatic rings. The first-order valence-corrected chi connectivity index (χ1v) is 7.88. The fourth-order valence-corrected chi connectivity index (χ4v) is 2.59. The Balaban J connectivity index is 1.53. The van der Waals surface area contributed by atoms with Crippen LogP contribution in [0.15, 0.2) is 54.9 Å². The van der Waals surface area contributed by atoms with Crippen LogP contribution in [-0.4, -0.2) is 21.5 Å². The molecular formula is C19H19N3O2. The molecule has 3 rings (SSSR count). The molecule has 24 heavy (non-hydrogen) atoms. The van der Waals surface area contributed by atoms with Crippen molar-refractivity contribution in [3.63, 3.8) is 0 Å². The Morgan fingerprint density at radius 3 is 2.62 bits per heavy atom. The van der Waals surface area contributed by atoms with Crippen LogP contribution in [0.5, 0.6) is 0 Å². The molecule has 0 unspecified atom stereocenters. The average molecular weight is 321 g/mol. The van der Waals surface area contributed by atoms with E-state index in [-0.39, 0.29) is 24.5 Å². The van der Waals surface area contributed by atoms with E-state index in [4.69, 9.17) is 0 Å². The molecule has 0 radical (unpaired) electrons. The number of carbonyl (C=O) groups excluding carboxylic acids is 2. The summed E-state index contributed by atoms with van der Waals surface area (Å²) in [6.45, 7) is 0.427. The molecule has 0 aliphatic carbocycles. The third-order valence-corrected chi connectivity index (χ3v) is 3.90. The van der Waals surface area contributed by atoms with Crippen LogP contribution in [0.4, 0.5) is 0 Å². The van der Waals surface area contributed by atoms with E-state index in [0.717, 1.165) is 16.3 Å². The number of aryl methyl sites for hydroxylation is 1. The number of fused-ring (bicyclic) bond motifs is 1. The van der Waals surface area contributed by atoms with Gasteiger partial charge < -0.3 is 5.32 Å². The topological polar surface area (TPSA) is 64.0 Å². The van der Waals surface area contributed by atoms with Crippen molar-refractivity contribution in [2.24, 2.45) is 7.05 Å². The number of hydrogen-bond donors (Lipinski definition) is 1. The standard InChI is InChI=1S/C19H19N3O2/c1-22-13-14(12-21-22)11-20-19(24)9-8-18(23)17-7-6-15-4-2-3-5-16(15)10-17/h2-7,10,12-13H,8-9,11H2,1H3,(H,20,24). The van der Waals surface area contributed by atoms with Gasteiger partial charge in [-0.1, -0.05) is 36.4 Å². The molecule has 1 N–H and O–H groups in total. The van der Waals surface area contributed by atoms with Gasteiger partial charge in [-0.25, -0.2) is 0 Å². The lowest BCUT2D eigenvalue weighted by atomic mass is 10.0. The Labute approximate surface area is 140 Å². The summed E-state index contributed by atoms with van der Waals surface area (Å²) in [6.07, 6.45) is 3.95. The first-order valence-electron chi connectivity index (χ1n) is 7.88. The number of nitrogens with zero attached hydrogens (tertiary/aromatic N) is 2. The van der Waals surface area contributed by atoms with Crippen molar-refractivity contribution in [1.29, 1.82) is 0 Å². The maximum absolute atomic E-state index is 12.3. The average Bonchev–Trinajstić information content (AvgIpc) is 3.02. The molecule has 122 valence electrons. The van der Waals surface area contributed by atoms with E-state index in [0.29, 0.717) is 12.1 Å². The molecule has 0 bridgehead atoms. The SMILES string of the molecule is Cn1cc(CNC(=O)CCC(=O)c2ccc3ccccc3c2)cn1. The Hall–Kier alpha value is -2.95. The van der Waals surface area contributed by atoms with E-state index in [1.54, 1.807) is 10.9 Å². The first kappa shape index (κ1) is 15.9. The monoisotopic (exact) mass is 321 g/mol. The minimum atomic E-state index is -0.131. The van der Waals surface area contributed by atoms with Gasteiger partial charge in [0.15, 0.2) is 5.78 Å². The second kappa shape index (κ2) is 7.08. The molecule has 0 atom stereocenters. The third kappa shape index (κ3) is 3.87. The molecular weight excluding hydrogens is 302 g/mol. The fraction of sp³-hybridized carbons (Fsp3) is 0.211. The van der Waals surface area contributed by atoms with Crippen molar-refractivity contribution in [2.45, 2.75) is 19.4 Å². The minimum Gasteiger partial charge on any atom is -0.352 e. The molecule has 1 aromatic heterocycles. The summed E-state index contributed by atoms with van der Waals surface area (Å²) in [5.74, 6) is -0.148. The number of hydrogen-bond acceptors (Lipinski definition) is 3. The van der Waals surface area contributed by atoms with Crippen molar-refractivity contribution in [1.82, 2.24) is 15.1 Å². The predicted molar refractivity (Wildman–Crippen MR) is 92.6 cm³/mol. The van der Waals surface area contributed by atoms with E-state index >= 15 is 0 Å². The number of benzene rings is 2. The summed E-state index contributed by atoms with van der Waals surface area (Å²) in [4.78, 5) is 24.2. The van der Waals surface area contributed by atoms with Gasteiger partial charge in [-0.3, -0.25) is 14.3 Å². The third-order valence-electron chi connectivity index (χ3n) is 3.90. The molecule has 1 heterocycles. The summed E-state index contributed by atoms with van der Waals surface area (Å²) >= 11 is 0. The molecule has 0 fully saturated rings. The van der Waals surface area contributed by atoms with Crippen LogP contribution in [-0.2, 0) is 18.4 Å². The molecule has 0 aliphatic heterocycles. The highest BCUT2D eigenvalue weighted by molar-refractivity contribution is 6.01. The molecule has 0 spiro atoms. The Kier molecular flexibility index (Phi) is 4.70. The zero-order valence-corrected chi connectivity index (χ0v) is 13.5. The van der Waals surface area contributed by atoms with Crippen molar-refractivity contribution >= 4 is 22.5 Å². The highest BCUT2D eigenvalue weighted by Gasteiger charge is 2.10. The molecule has 1 amide bonds. The summed E-state index contributed by atoms with van der Waals surface area (Å²) in [5.41, 5.74) is 1.58. The van der Waals surface area contributed by atoms with E-state index in [1.165, 1.54) is 0 Å². The lowest BCUT2D eigenvalue weighted by molar-refractivity contribution is -0.121. The van der Waals surface area contributed by atoms with E-state index < -0.39 is 0 Å². The zero-order valence-electron chi connectivity index (χ0n) is 13.5. The van der Waals surface area contributed by atoms with Crippen LogP contribution >= 0.6 is 0 Å². The van der Waals surface area contributed by atoms with Crippen LogP contribution in [0, 0.1) is 0 Å². The van der Waals surface area contributed by atoms with Gasteiger partial charge in [0.05, 0.1) is 6.20 Å². The van der Waals surface area contributed by atoms with Crippen LogP contribution in [0.2, 0.25) is 0 Å². The molecule has 0 saturated heterocycles. The lowest BCUT2D eigenvalue weighted by Crippen LogP contribution is -2.23. The smallest absolute Gasteiger partial charge is 0.220 e. The second-order valence-electron chi connectivity index (χ2n) is 5.78. The number of Topliss-reactive ketones (excluding diaryl/α,β-unsaturated/α-hetero) is 1. The molecule has 5 heteroatoms. The van der Waals surface area contributed by atoms with Crippen molar-refractivity contribution in [2.75, 3.05) is 0 Å². The second-order valence-corrected chi connectivity index (χ2v) is 5.78. The van der Waals surface area contributed by atoms with E-state index in [1.807, 2.05) is 55.7 Å². The van der Waals surface area contributed by atoms with Gasteiger partial charge in [0, 0.05) is 43.8 Å². The van der Waals surface area contributed by atoms with Gasteiger partial charge in [0.25, 0.3) is 0 Å². The Morgan fingerprint density at radius 1 is 1.08 bits per heavy atom. The summed E-state index contributed by atoms with van der Waals surface area (Å²) in [6, 6.07) is 13.5. The van der Waals surface area contributed by atoms with Crippen LogP contribution in [0.3, 0.4) is 0 Å². The van der Waals surface area contributed by atoms with Gasteiger partial charge in [-0.2, -0.15) is 5.10 Å². The van der Waals surface area contributed by atoms with Gasteiger partial charge in [0.2, 0.25) is 5.91 Å².